The Morgan fingerprint density at radius 3 is 2.77 bits per heavy atom. The van der Waals surface area contributed by atoms with Crippen molar-refractivity contribution in [2.24, 2.45) is 0 Å². The molecule has 0 atom stereocenters. The maximum Gasteiger partial charge on any atom is 0.142 e. The molecule has 0 radical (unpaired) electrons. The molecule has 0 saturated carbocycles. The zero-order valence-corrected chi connectivity index (χ0v) is 7.81. The van der Waals surface area contributed by atoms with E-state index in [1.165, 1.54) is 23.6 Å². The van der Waals surface area contributed by atoms with Crippen LogP contribution >= 0.6 is 11.3 Å². The van der Waals surface area contributed by atoms with Gasteiger partial charge in [-0.15, -0.1) is 11.3 Å². The Kier molecular flexibility index (Phi) is 2.06. The highest BCUT2D eigenvalue weighted by Gasteiger charge is 2.03. The van der Waals surface area contributed by atoms with Crippen molar-refractivity contribution in [2.75, 3.05) is 0 Å². The lowest BCUT2D eigenvalue weighted by atomic mass is 10.3. The van der Waals surface area contributed by atoms with Crippen LogP contribution in [0.4, 0.5) is 4.39 Å². The summed E-state index contributed by atoms with van der Waals surface area (Å²) in [6.45, 7) is 1.97. The molecule has 0 aliphatic rings. The van der Waals surface area contributed by atoms with E-state index >= 15 is 0 Å². The minimum atomic E-state index is -0.328. The lowest BCUT2D eigenvalue weighted by Gasteiger charge is -1.93. The van der Waals surface area contributed by atoms with E-state index in [0.717, 1.165) is 15.4 Å². The first kappa shape index (κ1) is 8.31. The molecule has 0 saturated heterocycles. The fourth-order valence-electron chi connectivity index (χ4n) is 1.02. The summed E-state index contributed by atoms with van der Waals surface area (Å²) >= 11 is 1.53. The average molecular weight is 194 g/mol. The number of hydrogen-bond acceptors (Lipinski definition) is 3. The molecule has 2 aromatic rings. The molecule has 0 N–H and O–H groups in total. The van der Waals surface area contributed by atoms with Gasteiger partial charge in [0, 0.05) is 22.8 Å². The maximum atomic E-state index is 12.8. The third-order valence-corrected chi connectivity index (χ3v) is 2.53. The van der Waals surface area contributed by atoms with Gasteiger partial charge in [0.25, 0.3) is 0 Å². The van der Waals surface area contributed by atoms with E-state index in [1.807, 2.05) is 6.92 Å². The van der Waals surface area contributed by atoms with E-state index in [0.29, 0.717) is 0 Å². The Morgan fingerprint density at radius 1 is 1.31 bits per heavy atom. The predicted octanol–water partition coefficient (Wildman–Crippen LogP) is 2.65. The number of hydrogen-bond donors (Lipinski definition) is 0. The zero-order valence-electron chi connectivity index (χ0n) is 6.99. The van der Waals surface area contributed by atoms with Crippen LogP contribution in [0.25, 0.3) is 10.6 Å². The summed E-state index contributed by atoms with van der Waals surface area (Å²) in [5.41, 5.74) is 0.734. The van der Waals surface area contributed by atoms with Crippen LogP contribution in [0.1, 0.15) is 4.88 Å². The van der Waals surface area contributed by atoms with Crippen molar-refractivity contribution in [3.8, 4) is 10.6 Å². The second-order valence-electron chi connectivity index (χ2n) is 2.67. The van der Waals surface area contributed by atoms with Gasteiger partial charge in [0.1, 0.15) is 10.8 Å². The van der Waals surface area contributed by atoms with Crippen molar-refractivity contribution in [3.05, 3.63) is 35.4 Å². The molecule has 2 nitrogen and oxygen atoms in total. The summed E-state index contributed by atoms with van der Waals surface area (Å²) in [4.78, 5) is 9.01. The predicted molar refractivity (Wildman–Crippen MR) is 50.0 cm³/mol. The highest BCUT2D eigenvalue weighted by molar-refractivity contribution is 7.14. The zero-order chi connectivity index (χ0) is 9.26. The number of thiazole rings is 1. The minimum Gasteiger partial charge on any atom is -0.261 e. The summed E-state index contributed by atoms with van der Waals surface area (Å²) in [6, 6.07) is 1.44. The molecule has 2 aromatic heterocycles. The Labute approximate surface area is 79.1 Å². The summed E-state index contributed by atoms with van der Waals surface area (Å²) in [7, 11) is 0. The van der Waals surface area contributed by atoms with Crippen molar-refractivity contribution < 1.29 is 4.39 Å². The van der Waals surface area contributed by atoms with E-state index in [1.54, 1.807) is 12.4 Å². The number of halogens is 1. The van der Waals surface area contributed by atoms with E-state index in [2.05, 4.69) is 9.97 Å². The van der Waals surface area contributed by atoms with Crippen LogP contribution in [-0.4, -0.2) is 9.97 Å². The summed E-state index contributed by atoms with van der Waals surface area (Å²) in [6.07, 6.45) is 4.57. The topological polar surface area (TPSA) is 25.8 Å². The van der Waals surface area contributed by atoms with Gasteiger partial charge < -0.3 is 0 Å². The molecule has 2 rings (SSSR count). The normalized spacial score (nSPS) is 10.3. The second kappa shape index (κ2) is 3.22. The largest absolute Gasteiger partial charge is 0.261 e. The lowest BCUT2D eigenvalue weighted by molar-refractivity contribution is 0.622. The third kappa shape index (κ3) is 1.72. The van der Waals surface area contributed by atoms with Gasteiger partial charge in [-0.1, -0.05) is 0 Å². The molecule has 0 aliphatic carbocycles. The van der Waals surface area contributed by atoms with Crippen molar-refractivity contribution >= 4 is 11.3 Å². The van der Waals surface area contributed by atoms with Gasteiger partial charge >= 0.3 is 0 Å². The molecule has 66 valence electrons. The molecule has 4 heteroatoms. The first-order chi connectivity index (χ1) is 6.25. The first-order valence-electron chi connectivity index (χ1n) is 3.79. The number of rotatable bonds is 1. The summed E-state index contributed by atoms with van der Waals surface area (Å²) in [5, 5.41) is 0.810. The smallest absolute Gasteiger partial charge is 0.142 e. The van der Waals surface area contributed by atoms with Gasteiger partial charge in [-0.05, 0) is 13.0 Å². The Hall–Kier alpha value is -1.29. The molecular weight excluding hydrogens is 187 g/mol. The molecule has 0 fully saturated rings. The third-order valence-electron chi connectivity index (χ3n) is 1.57. The minimum absolute atomic E-state index is 0.328. The van der Waals surface area contributed by atoms with Crippen molar-refractivity contribution in [1.29, 1.82) is 0 Å². The molecule has 2 heterocycles. The molecule has 0 aromatic carbocycles. The lowest BCUT2D eigenvalue weighted by Crippen LogP contribution is -1.81. The van der Waals surface area contributed by atoms with E-state index < -0.39 is 0 Å². The van der Waals surface area contributed by atoms with Crippen LogP contribution in [0.5, 0.6) is 0 Å². The molecular formula is C9H7FN2S. The number of pyridine rings is 1. The highest BCUT2D eigenvalue weighted by Crippen LogP contribution is 2.23. The molecule has 0 aliphatic heterocycles. The van der Waals surface area contributed by atoms with Crippen LogP contribution in [0, 0.1) is 12.7 Å². The van der Waals surface area contributed by atoms with Crippen LogP contribution in [-0.2, 0) is 0 Å². The van der Waals surface area contributed by atoms with E-state index in [-0.39, 0.29) is 5.82 Å². The molecule has 0 amide bonds. The van der Waals surface area contributed by atoms with Gasteiger partial charge in [-0.2, -0.15) is 0 Å². The fourth-order valence-corrected chi connectivity index (χ4v) is 1.76. The van der Waals surface area contributed by atoms with Crippen LogP contribution < -0.4 is 0 Å². The van der Waals surface area contributed by atoms with Crippen LogP contribution in [0.3, 0.4) is 0 Å². The summed E-state index contributed by atoms with van der Waals surface area (Å²) in [5.74, 6) is -0.328. The summed E-state index contributed by atoms with van der Waals surface area (Å²) < 4.78 is 12.8. The van der Waals surface area contributed by atoms with Gasteiger partial charge in [-0.25, -0.2) is 9.37 Å². The molecule has 0 unspecified atom stereocenters. The van der Waals surface area contributed by atoms with E-state index in [4.69, 9.17) is 0 Å². The highest BCUT2D eigenvalue weighted by atomic mass is 32.1. The van der Waals surface area contributed by atoms with Gasteiger partial charge in [0.2, 0.25) is 0 Å². The van der Waals surface area contributed by atoms with Crippen molar-refractivity contribution in [2.45, 2.75) is 6.92 Å². The van der Waals surface area contributed by atoms with Gasteiger partial charge in [0.05, 0.1) is 6.20 Å². The maximum absolute atomic E-state index is 12.8. The van der Waals surface area contributed by atoms with Crippen molar-refractivity contribution in [3.63, 3.8) is 0 Å². The Balaban J connectivity index is 2.46. The quantitative estimate of drug-likeness (QED) is 0.697. The second-order valence-corrected chi connectivity index (χ2v) is 3.90. The Bertz CT molecular complexity index is 425. The number of aromatic nitrogens is 2. The van der Waals surface area contributed by atoms with Crippen LogP contribution in [0.2, 0.25) is 0 Å². The van der Waals surface area contributed by atoms with Gasteiger partial charge in [-0.3, -0.25) is 4.98 Å². The first-order valence-corrected chi connectivity index (χ1v) is 4.61. The number of nitrogens with zero attached hydrogens (tertiary/aromatic N) is 2. The van der Waals surface area contributed by atoms with Crippen LogP contribution in [0.15, 0.2) is 24.7 Å². The standard InChI is InChI=1S/C9H7FN2S/c1-6-3-12-9(13-6)7-2-8(10)5-11-4-7/h2-5H,1H3. The monoisotopic (exact) mass is 194 g/mol. The molecule has 13 heavy (non-hydrogen) atoms. The Morgan fingerprint density at radius 2 is 2.15 bits per heavy atom. The molecule has 0 bridgehead atoms. The average Bonchev–Trinajstić information content (AvgIpc) is 2.52. The number of aryl methyl sites for hydroxylation is 1. The van der Waals surface area contributed by atoms with Crippen molar-refractivity contribution in [1.82, 2.24) is 9.97 Å². The van der Waals surface area contributed by atoms with Gasteiger partial charge in [0.15, 0.2) is 0 Å². The molecule has 0 spiro atoms. The van der Waals surface area contributed by atoms with E-state index in [9.17, 15) is 4.39 Å². The SMILES string of the molecule is Cc1cnc(-c2cncc(F)c2)s1. The fraction of sp³-hybridized carbons (Fsp3) is 0.111.